The van der Waals surface area contributed by atoms with Crippen molar-refractivity contribution in [1.29, 1.82) is 0 Å². The number of nitrogens with two attached hydrogens (primary N) is 1. The molecule has 0 aliphatic heterocycles. The van der Waals surface area contributed by atoms with E-state index in [2.05, 4.69) is 0 Å². The molecule has 0 radical (unpaired) electrons. The maximum absolute atomic E-state index is 9.95. The molecule has 1 rings (SSSR count). The van der Waals surface area contributed by atoms with Crippen molar-refractivity contribution in [3.8, 4) is 0 Å². The minimum atomic E-state index is -1.04. The fourth-order valence-corrected chi connectivity index (χ4v) is 1.84. The highest BCUT2D eigenvalue weighted by atomic mass is 35.5. The lowest BCUT2D eigenvalue weighted by Crippen LogP contribution is -2.32. The van der Waals surface area contributed by atoms with E-state index in [9.17, 15) is 5.11 Å². The number of hydrogen-bond donors (Lipinski definition) is 2. The van der Waals surface area contributed by atoms with E-state index in [1.165, 1.54) is 0 Å². The van der Waals surface area contributed by atoms with Crippen LogP contribution in [0.15, 0.2) is 18.2 Å². The van der Waals surface area contributed by atoms with Crippen LogP contribution in [0.1, 0.15) is 18.1 Å². The highest BCUT2D eigenvalue weighted by molar-refractivity contribution is 6.31. The molecule has 1 aromatic carbocycles. The second-order valence-electron chi connectivity index (χ2n) is 3.41. The molecule has 0 heterocycles. The smallest absolute Gasteiger partial charge is 0.101 e. The highest BCUT2D eigenvalue weighted by Gasteiger charge is 2.25. The molecule has 0 spiro atoms. The Labute approximate surface area is 83.3 Å². The molecule has 0 aliphatic rings. The zero-order valence-corrected chi connectivity index (χ0v) is 8.60. The molecule has 0 amide bonds. The molecule has 1 atom stereocenters. The van der Waals surface area contributed by atoms with Crippen LogP contribution in [-0.4, -0.2) is 11.7 Å². The summed E-state index contributed by atoms with van der Waals surface area (Å²) in [6, 6.07) is 5.52. The number of hydrogen-bond acceptors (Lipinski definition) is 2. The van der Waals surface area contributed by atoms with E-state index in [-0.39, 0.29) is 6.54 Å². The Morgan fingerprint density at radius 3 is 2.62 bits per heavy atom. The predicted molar refractivity (Wildman–Crippen MR) is 54.8 cm³/mol. The van der Waals surface area contributed by atoms with Crippen LogP contribution in [0, 0.1) is 6.92 Å². The standard InChI is InChI=1S/C10H14ClNO/c1-7-4-3-5-8(11)9(7)10(2,13)6-12/h3-5,13H,6,12H2,1-2H3. The average Bonchev–Trinajstić information content (AvgIpc) is 2.03. The van der Waals surface area contributed by atoms with Crippen LogP contribution >= 0.6 is 11.6 Å². The second kappa shape index (κ2) is 3.66. The lowest BCUT2D eigenvalue weighted by atomic mass is 9.92. The van der Waals surface area contributed by atoms with Crippen molar-refractivity contribution in [3.05, 3.63) is 34.3 Å². The van der Waals surface area contributed by atoms with E-state index in [1.807, 2.05) is 19.1 Å². The Balaban J connectivity index is 3.28. The Kier molecular flexibility index (Phi) is 2.96. The third-order valence-corrected chi connectivity index (χ3v) is 2.47. The van der Waals surface area contributed by atoms with Crippen LogP contribution < -0.4 is 5.73 Å². The van der Waals surface area contributed by atoms with Gasteiger partial charge in [0, 0.05) is 17.1 Å². The summed E-state index contributed by atoms with van der Waals surface area (Å²) in [6.45, 7) is 3.74. The van der Waals surface area contributed by atoms with Crippen LogP contribution in [0.2, 0.25) is 5.02 Å². The molecular weight excluding hydrogens is 186 g/mol. The summed E-state index contributed by atoms with van der Waals surface area (Å²) in [6.07, 6.45) is 0. The van der Waals surface area contributed by atoms with Crippen LogP contribution in [0.3, 0.4) is 0 Å². The molecule has 0 bridgehead atoms. The summed E-state index contributed by atoms with van der Waals surface area (Å²) in [7, 11) is 0. The van der Waals surface area contributed by atoms with Crippen molar-refractivity contribution in [3.63, 3.8) is 0 Å². The highest BCUT2D eigenvalue weighted by Crippen LogP contribution is 2.29. The molecule has 0 saturated carbocycles. The number of aliphatic hydroxyl groups is 1. The maximum atomic E-state index is 9.95. The molecule has 0 aromatic heterocycles. The second-order valence-corrected chi connectivity index (χ2v) is 3.82. The fourth-order valence-electron chi connectivity index (χ4n) is 1.42. The summed E-state index contributed by atoms with van der Waals surface area (Å²) in [4.78, 5) is 0. The zero-order valence-electron chi connectivity index (χ0n) is 7.84. The first kappa shape index (κ1) is 10.5. The number of benzene rings is 1. The Bertz CT molecular complexity index is 290. The lowest BCUT2D eigenvalue weighted by Gasteiger charge is -2.24. The summed E-state index contributed by atoms with van der Waals surface area (Å²) >= 11 is 5.98. The van der Waals surface area contributed by atoms with Gasteiger partial charge in [-0.05, 0) is 25.5 Å². The molecule has 72 valence electrons. The van der Waals surface area contributed by atoms with Crippen LogP contribution in [0.4, 0.5) is 0 Å². The number of aryl methyl sites for hydroxylation is 1. The van der Waals surface area contributed by atoms with Gasteiger partial charge in [0.1, 0.15) is 5.60 Å². The molecule has 1 aromatic rings. The molecule has 13 heavy (non-hydrogen) atoms. The van der Waals surface area contributed by atoms with Crippen molar-refractivity contribution in [1.82, 2.24) is 0 Å². The van der Waals surface area contributed by atoms with Crippen molar-refractivity contribution in [2.75, 3.05) is 6.54 Å². The minimum absolute atomic E-state index is 0.164. The molecule has 3 N–H and O–H groups in total. The van der Waals surface area contributed by atoms with E-state index in [0.717, 1.165) is 11.1 Å². The van der Waals surface area contributed by atoms with Crippen LogP contribution in [0.5, 0.6) is 0 Å². The predicted octanol–water partition coefficient (Wildman–Crippen LogP) is 1.81. The maximum Gasteiger partial charge on any atom is 0.101 e. The lowest BCUT2D eigenvalue weighted by molar-refractivity contribution is 0.0663. The van der Waals surface area contributed by atoms with Crippen LogP contribution in [-0.2, 0) is 5.60 Å². The van der Waals surface area contributed by atoms with Gasteiger partial charge in [0.05, 0.1) is 0 Å². The summed E-state index contributed by atoms with van der Waals surface area (Å²) in [5, 5.41) is 10.5. The third kappa shape index (κ3) is 2.02. The van der Waals surface area contributed by atoms with E-state index in [1.54, 1.807) is 13.0 Å². The number of halogens is 1. The molecule has 0 aliphatic carbocycles. The zero-order chi connectivity index (χ0) is 10.1. The largest absolute Gasteiger partial charge is 0.384 e. The van der Waals surface area contributed by atoms with Gasteiger partial charge in [0.25, 0.3) is 0 Å². The topological polar surface area (TPSA) is 46.2 Å². The van der Waals surface area contributed by atoms with Gasteiger partial charge < -0.3 is 10.8 Å². The van der Waals surface area contributed by atoms with E-state index in [0.29, 0.717) is 5.02 Å². The fraction of sp³-hybridized carbons (Fsp3) is 0.400. The van der Waals surface area contributed by atoms with Gasteiger partial charge >= 0.3 is 0 Å². The van der Waals surface area contributed by atoms with Gasteiger partial charge in [0.15, 0.2) is 0 Å². The first-order valence-electron chi connectivity index (χ1n) is 4.17. The van der Waals surface area contributed by atoms with Gasteiger partial charge in [-0.3, -0.25) is 0 Å². The molecule has 3 heteroatoms. The molecular formula is C10H14ClNO. The SMILES string of the molecule is Cc1cccc(Cl)c1C(C)(O)CN. The van der Waals surface area contributed by atoms with Crippen molar-refractivity contribution >= 4 is 11.6 Å². The monoisotopic (exact) mass is 199 g/mol. The van der Waals surface area contributed by atoms with Gasteiger partial charge in [-0.25, -0.2) is 0 Å². The Hall–Kier alpha value is -0.570. The third-order valence-electron chi connectivity index (χ3n) is 2.16. The normalized spacial score (nSPS) is 15.5. The minimum Gasteiger partial charge on any atom is -0.384 e. The molecule has 1 unspecified atom stereocenters. The van der Waals surface area contributed by atoms with Gasteiger partial charge in [-0.2, -0.15) is 0 Å². The molecule has 0 saturated heterocycles. The first-order valence-corrected chi connectivity index (χ1v) is 4.55. The van der Waals surface area contributed by atoms with E-state index in [4.69, 9.17) is 17.3 Å². The van der Waals surface area contributed by atoms with Crippen molar-refractivity contribution in [2.45, 2.75) is 19.4 Å². The average molecular weight is 200 g/mol. The Morgan fingerprint density at radius 2 is 2.15 bits per heavy atom. The first-order chi connectivity index (χ1) is 5.99. The van der Waals surface area contributed by atoms with Gasteiger partial charge in [0.2, 0.25) is 0 Å². The summed E-state index contributed by atoms with van der Waals surface area (Å²) in [5.74, 6) is 0. The van der Waals surface area contributed by atoms with Crippen molar-refractivity contribution < 1.29 is 5.11 Å². The van der Waals surface area contributed by atoms with E-state index < -0.39 is 5.60 Å². The number of rotatable bonds is 2. The van der Waals surface area contributed by atoms with Gasteiger partial charge in [-0.15, -0.1) is 0 Å². The summed E-state index contributed by atoms with van der Waals surface area (Å²) in [5.41, 5.74) is 6.11. The summed E-state index contributed by atoms with van der Waals surface area (Å²) < 4.78 is 0. The van der Waals surface area contributed by atoms with Crippen LogP contribution in [0.25, 0.3) is 0 Å². The van der Waals surface area contributed by atoms with E-state index >= 15 is 0 Å². The molecule has 0 fully saturated rings. The molecule has 2 nitrogen and oxygen atoms in total. The van der Waals surface area contributed by atoms with Gasteiger partial charge in [-0.1, -0.05) is 23.7 Å². The van der Waals surface area contributed by atoms with Crippen molar-refractivity contribution in [2.24, 2.45) is 5.73 Å². The quantitative estimate of drug-likeness (QED) is 0.763. The Morgan fingerprint density at radius 1 is 1.54 bits per heavy atom.